The number of rotatable bonds is 1. The van der Waals surface area contributed by atoms with Crippen molar-refractivity contribution >= 4 is 16.2 Å². The fourth-order valence-corrected chi connectivity index (χ4v) is 1.13. The van der Waals surface area contributed by atoms with E-state index in [0.717, 1.165) is 6.26 Å². The Morgan fingerprint density at radius 1 is 1.91 bits per heavy atom. The first kappa shape index (κ1) is 10.2. The van der Waals surface area contributed by atoms with E-state index in [1.165, 1.54) is 30.0 Å². The van der Waals surface area contributed by atoms with Gasteiger partial charge in [-0.2, -0.15) is 0 Å². The fraction of sp³-hybridized carbons (Fsp3) is 0.375. The zero-order chi connectivity index (χ0) is 8.69. The van der Waals surface area contributed by atoms with E-state index in [1.807, 2.05) is 0 Å². The van der Waals surface area contributed by atoms with Crippen molar-refractivity contribution in [3.63, 3.8) is 0 Å². The van der Waals surface area contributed by atoms with Gasteiger partial charge in [-0.1, -0.05) is 17.9 Å². The number of carbonyl (C=O) groups excluding carboxylic acids is 1. The van der Waals surface area contributed by atoms with Gasteiger partial charge in [0.2, 0.25) is 0 Å². The molecule has 0 saturated heterocycles. The number of ether oxygens (including phenoxy) is 1. The highest BCUT2D eigenvalue weighted by atomic mass is 28.1. The highest BCUT2D eigenvalue weighted by Gasteiger charge is 1.94. The molecule has 1 aliphatic carbocycles. The average Bonchev–Trinajstić information content (AvgIpc) is 1.85. The maximum Gasteiger partial charge on any atom is 0.307 e. The van der Waals surface area contributed by atoms with Crippen LogP contribution in [0.2, 0.25) is 0 Å². The van der Waals surface area contributed by atoms with Gasteiger partial charge in [-0.15, -0.1) is 0 Å². The molecule has 0 atom stereocenters. The first-order valence-electron chi connectivity index (χ1n) is 3.60. The van der Waals surface area contributed by atoms with Crippen LogP contribution >= 0.6 is 0 Å². The van der Waals surface area contributed by atoms with Gasteiger partial charge < -0.3 is 4.74 Å². The highest BCUT2D eigenvalue weighted by Crippen LogP contribution is 2.11. The zero-order valence-electron chi connectivity index (χ0n) is 7.09. The van der Waals surface area contributed by atoms with E-state index in [4.69, 9.17) is 0 Å². The van der Waals surface area contributed by atoms with E-state index in [9.17, 15) is 4.79 Å². The molecule has 0 radical (unpaired) electrons. The molecule has 3 heteroatoms. The summed E-state index contributed by atoms with van der Waals surface area (Å²) in [6.07, 6.45) is 6.19. The summed E-state index contributed by atoms with van der Waals surface area (Å²) < 4.78 is 4.17. The molecular formula is C8H14O2Si. The Morgan fingerprint density at radius 2 is 2.36 bits per heavy atom. The largest absolute Gasteiger partial charge is 0.435 e. The van der Waals surface area contributed by atoms with Crippen LogP contribution in [0.3, 0.4) is 0 Å². The minimum absolute atomic E-state index is 0.329. The Morgan fingerprint density at radius 3 is 2.36 bits per heavy atom. The Bertz CT molecular complexity index is 173. The molecule has 0 aromatic heterocycles. The number of allylic oxidation sites excluding steroid dienone is 2. The number of carbonyl (C=O) groups is 1. The van der Waals surface area contributed by atoms with Crippen LogP contribution in [0.25, 0.3) is 0 Å². The van der Waals surface area contributed by atoms with Crippen LogP contribution in [0.4, 0.5) is 0 Å². The fourth-order valence-electron chi connectivity index (χ4n) is 0.550. The maximum atomic E-state index is 9.75. The van der Waals surface area contributed by atoms with Crippen LogP contribution < -0.4 is 0 Å². The number of esters is 1. The van der Waals surface area contributed by atoms with Gasteiger partial charge in [-0.25, -0.2) is 0 Å². The van der Waals surface area contributed by atoms with Crippen molar-refractivity contribution in [3.05, 3.63) is 24.1 Å². The molecule has 2 nitrogen and oxygen atoms in total. The topological polar surface area (TPSA) is 26.3 Å². The van der Waals surface area contributed by atoms with Crippen LogP contribution in [-0.2, 0) is 9.53 Å². The predicted molar refractivity (Wildman–Crippen MR) is 49.2 cm³/mol. The zero-order valence-corrected chi connectivity index (χ0v) is 9.09. The number of hydrogen-bond donors (Lipinski definition) is 0. The molecule has 0 bridgehead atoms. The summed E-state index contributed by atoms with van der Waals surface area (Å²) in [7, 11) is 1.32. The lowest BCUT2D eigenvalue weighted by Crippen LogP contribution is -1.89. The lowest BCUT2D eigenvalue weighted by molar-refractivity contribution is -0.135. The molecule has 0 aromatic rings. The van der Waals surface area contributed by atoms with Gasteiger partial charge in [0, 0.05) is 17.2 Å². The summed E-state index contributed by atoms with van der Waals surface area (Å²) in [6.45, 7) is 4.48. The molecule has 11 heavy (non-hydrogen) atoms. The minimum Gasteiger partial charge on any atom is -0.435 e. The third-order valence-electron chi connectivity index (χ3n) is 1.28. The molecule has 0 aliphatic heterocycles. The van der Waals surface area contributed by atoms with Gasteiger partial charge in [-0.05, 0) is 12.8 Å². The molecule has 0 aromatic carbocycles. The average molecular weight is 170 g/mol. The molecule has 1 rings (SSSR count). The Balaban J connectivity index is 0.000000183. The molecule has 62 valence electrons. The summed E-state index contributed by atoms with van der Waals surface area (Å²) in [5, 5.41) is 1.70. The van der Waals surface area contributed by atoms with Crippen LogP contribution in [-0.4, -0.2) is 16.2 Å². The normalized spacial score (nSPS) is 13.4. The standard InChI is InChI=1S/C4H6O2.C4H8Si/c1-3-6-4(2)5;5-4-2-1-3-4/h3H,1H2,2H3;2H,1,3H2,5H3. The second-order valence-corrected chi connectivity index (χ2v) is 3.65. The third kappa shape index (κ3) is 7.06. The van der Waals surface area contributed by atoms with Crippen molar-refractivity contribution in [1.29, 1.82) is 0 Å². The summed E-state index contributed by atoms with van der Waals surface area (Å²) in [4.78, 5) is 9.75. The van der Waals surface area contributed by atoms with Gasteiger partial charge >= 0.3 is 5.97 Å². The van der Waals surface area contributed by atoms with Crippen LogP contribution in [0.15, 0.2) is 24.1 Å². The van der Waals surface area contributed by atoms with E-state index in [-0.39, 0.29) is 5.97 Å². The molecule has 1 aliphatic rings. The van der Waals surface area contributed by atoms with Crippen molar-refractivity contribution in [1.82, 2.24) is 0 Å². The lowest BCUT2D eigenvalue weighted by Gasteiger charge is -2.05. The first-order chi connectivity index (χ1) is 5.16. The molecule has 0 saturated carbocycles. The van der Waals surface area contributed by atoms with Gasteiger partial charge in [0.1, 0.15) is 0 Å². The van der Waals surface area contributed by atoms with Crippen LogP contribution in [0.5, 0.6) is 0 Å². The molecule has 0 heterocycles. The molecule has 0 spiro atoms. The van der Waals surface area contributed by atoms with Crippen LogP contribution in [0, 0.1) is 0 Å². The third-order valence-corrected chi connectivity index (χ3v) is 2.19. The molecule has 0 amide bonds. The van der Waals surface area contributed by atoms with E-state index in [2.05, 4.69) is 17.4 Å². The van der Waals surface area contributed by atoms with Gasteiger partial charge in [0.05, 0.1) is 6.26 Å². The number of hydrogen-bond acceptors (Lipinski definition) is 2. The van der Waals surface area contributed by atoms with E-state index in [0.29, 0.717) is 0 Å². The minimum atomic E-state index is -0.329. The van der Waals surface area contributed by atoms with E-state index in [1.54, 1.807) is 5.20 Å². The van der Waals surface area contributed by atoms with Crippen LogP contribution in [0.1, 0.15) is 19.8 Å². The Labute approximate surface area is 70.4 Å². The van der Waals surface area contributed by atoms with E-state index < -0.39 is 0 Å². The molecule has 0 N–H and O–H groups in total. The van der Waals surface area contributed by atoms with Crippen molar-refractivity contribution < 1.29 is 9.53 Å². The molecular weight excluding hydrogens is 156 g/mol. The maximum absolute atomic E-state index is 9.75. The molecule has 0 fully saturated rings. The highest BCUT2D eigenvalue weighted by molar-refractivity contribution is 6.22. The van der Waals surface area contributed by atoms with Gasteiger partial charge in [-0.3, -0.25) is 4.79 Å². The summed E-state index contributed by atoms with van der Waals surface area (Å²) in [5.74, 6) is -0.329. The first-order valence-corrected chi connectivity index (χ1v) is 4.60. The monoisotopic (exact) mass is 170 g/mol. The summed E-state index contributed by atoms with van der Waals surface area (Å²) >= 11 is 0. The van der Waals surface area contributed by atoms with Gasteiger partial charge in [0.15, 0.2) is 0 Å². The summed E-state index contributed by atoms with van der Waals surface area (Å²) in [6, 6.07) is 0. The van der Waals surface area contributed by atoms with Crippen molar-refractivity contribution in [2.24, 2.45) is 0 Å². The quantitative estimate of drug-likeness (QED) is 0.329. The predicted octanol–water partition coefficient (Wildman–Crippen LogP) is 0.723. The van der Waals surface area contributed by atoms with E-state index >= 15 is 0 Å². The summed E-state index contributed by atoms with van der Waals surface area (Å²) in [5.41, 5.74) is 0. The van der Waals surface area contributed by atoms with Gasteiger partial charge in [0.25, 0.3) is 0 Å². The SMILES string of the molecule is C=COC(C)=O.[SiH3]C1=CCC1. The lowest BCUT2D eigenvalue weighted by atomic mass is 10.1. The smallest absolute Gasteiger partial charge is 0.307 e. The Hall–Kier alpha value is -0.833. The Kier molecular flexibility index (Phi) is 5.47. The molecule has 0 unspecified atom stereocenters. The second-order valence-electron chi connectivity index (χ2n) is 2.37. The van der Waals surface area contributed by atoms with Crippen molar-refractivity contribution in [3.8, 4) is 0 Å². The van der Waals surface area contributed by atoms with Crippen molar-refractivity contribution in [2.45, 2.75) is 19.8 Å². The second kappa shape index (κ2) is 5.92. The van der Waals surface area contributed by atoms with Crippen molar-refractivity contribution in [2.75, 3.05) is 0 Å².